The predicted octanol–water partition coefficient (Wildman–Crippen LogP) is 2.68. The Bertz CT molecular complexity index is 770. The summed E-state index contributed by atoms with van der Waals surface area (Å²) < 4.78 is 7.44. The molecule has 0 aliphatic carbocycles. The van der Waals surface area contributed by atoms with E-state index in [4.69, 9.17) is 4.74 Å². The maximum Gasteiger partial charge on any atom is 0.223 e. The fourth-order valence-corrected chi connectivity index (χ4v) is 2.24. The molecule has 0 amide bonds. The summed E-state index contributed by atoms with van der Waals surface area (Å²) in [5.74, 6) is 1.44. The van der Waals surface area contributed by atoms with E-state index in [9.17, 15) is 0 Å². The van der Waals surface area contributed by atoms with Crippen LogP contribution in [-0.4, -0.2) is 32.9 Å². The molecule has 0 bridgehead atoms. The summed E-state index contributed by atoms with van der Waals surface area (Å²) >= 11 is 0. The van der Waals surface area contributed by atoms with Crippen molar-refractivity contribution < 1.29 is 4.74 Å². The van der Waals surface area contributed by atoms with Gasteiger partial charge in [0.25, 0.3) is 0 Å². The lowest BCUT2D eigenvalue weighted by Gasteiger charge is -2.10. The Balaban J connectivity index is 1.62. The largest absolute Gasteiger partial charge is 0.492 e. The zero-order valence-corrected chi connectivity index (χ0v) is 13.2. The molecule has 0 saturated carbocycles. The van der Waals surface area contributed by atoms with Crippen LogP contribution < -0.4 is 10.1 Å². The topological polar surface area (TPSA) is 64.9 Å². The Kier molecular flexibility index (Phi) is 4.52. The Morgan fingerprint density at radius 2 is 2.00 bits per heavy atom. The highest BCUT2D eigenvalue weighted by molar-refractivity contribution is 5.59. The molecule has 0 atom stereocenters. The SMILES string of the molecule is Cc1cnc(NCCOc2ccccc2)nc1-c1ccnn1C. The molecule has 3 aromatic rings. The van der Waals surface area contributed by atoms with E-state index in [-0.39, 0.29) is 0 Å². The van der Waals surface area contributed by atoms with Crippen molar-refractivity contribution in [1.82, 2.24) is 19.7 Å². The van der Waals surface area contributed by atoms with Crippen LogP contribution in [0.5, 0.6) is 5.75 Å². The molecule has 0 spiro atoms. The van der Waals surface area contributed by atoms with Gasteiger partial charge in [0.2, 0.25) is 5.95 Å². The van der Waals surface area contributed by atoms with Crippen LogP contribution in [0.15, 0.2) is 48.8 Å². The number of nitrogens with one attached hydrogen (secondary N) is 1. The highest BCUT2D eigenvalue weighted by Crippen LogP contribution is 2.20. The minimum Gasteiger partial charge on any atom is -0.492 e. The molecule has 0 radical (unpaired) electrons. The molecule has 1 aromatic carbocycles. The molecule has 0 unspecified atom stereocenters. The number of aryl methyl sites for hydroxylation is 2. The maximum atomic E-state index is 5.64. The van der Waals surface area contributed by atoms with E-state index in [0.29, 0.717) is 19.1 Å². The molecule has 1 N–H and O–H groups in total. The number of rotatable bonds is 6. The number of ether oxygens (including phenoxy) is 1. The maximum absolute atomic E-state index is 5.64. The number of nitrogens with zero attached hydrogens (tertiary/aromatic N) is 4. The first-order valence-corrected chi connectivity index (χ1v) is 7.48. The van der Waals surface area contributed by atoms with E-state index in [1.165, 1.54) is 0 Å². The molecule has 0 saturated heterocycles. The fraction of sp³-hybridized carbons (Fsp3) is 0.235. The van der Waals surface area contributed by atoms with Crippen molar-refractivity contribution in [2.45, 2.75) is 6.92 Å². The van der Waals surface area contributed by atoms with E-state index >= 15 is 0 Å². The third-order valence-electron chi connectivity index (χ3n) is 3.43. The summed E-state index contributed by atoms with van der Waals surface area (Å²) in [4.78, 5) is 8.90. The molecule has 0 aliphatic rings. The number of aromatic nitrogens is 4. The lowest BCUT2D eigenvalue weighted by Crippen LogP contribution is -2.14. The summed E-state index contributed by atoms with van der Waals surface area (Å²) in [5.41, 5.74) is 2.86. The van der Waals surface area contributed by atoms with Gasteiger partial charge in [-0.2, -0.15) is 5.10 Å². The minimum absolute atomic E-state index is 0.544. The fourth-order valence-electron chi connectivity index (χ4n) is 2.24. The number of benzene rings is 1. The van der Waals surface area contributed by atoms with Crippen molar-refractivity contribution in [3.05, 3.63) is 54.4 Å². The first kappa shape index (κ1) is 15.0. The van der Waals surface area contributed by atoms with Crippen molar-refractivity contribution in [3.63, 3.8) is 0 Å². The lowest BCUT2D eigenvalue weighted by atomic mass is 10.2. The highest BCUT2D eigenvalue weighted by Gasteiger charge is 2.09. The number of anilines is 1. The van der Waals surface area contributed by atoms with Gasteiger partial charge >= 0.3 is 0 Å². The van der Waals surface area contributed by atoms with Crippen LogP contribution in [0.3, 0.4) is 0 Å². The van der Waals surface area contributed by atoms with Gasteiger partial charge in [0.05, 0.1) is 17.9 Å². The average Bonchev–Trinajstić information content (AvgIpc) is 3.00. The van der Waals surface area contributed by atoms with E-state index in [1.54, 1.807) is 10.9 Å². The molecule has 0 aliphatic heterocycles. The summed E-state index contributed by atoms with van der Waals surface area (Å²) in [6, 6.07) is 11.7. The lowest BCUT2D eigenvalue weighted by molar-refractivity contribution is 0.332. The van der Waals surface area contributed by atoms with Gasteiger partial charge in [-0.3, -0.25) is 4.68 Å². The Morgan fingerprint density at radius 3 is 2.74 bits per heavy atom. The second-order valence-corrected chi connectivity index (χ2v) is 5.15. The van der Waals surface area contributed by atoms with Crippen LogP contribution in [0.2, 0.25) is 0 Å². The van der Waals surface area contributed by atoms with Gasteiger partial charge in [-0.25, -0.2) is 9.97 Å². The van der Waals surface area contributed by atoms with Gasteiger partial charge in [0.15, 0.2) is 0 Å². The molecule has 0 fully saturated rings. The monoisotopic (exact) mass is 309 g/mol. The smallest absolute Gasteiger partial charge is 0.223 e. The van der Waals surface area contributed by atoms with Crippen molar-refractivity contribution in [2.75, 3.05) is 18.5 Å². The predicted molar refractivity (Wildman–Crippen MR) is 89.4 cm³/mol. The van der Waals surface area contributed by atoms with Crippen molar-refractivity contribution >= 4 is 5.95 Å². The molecule has 2 heterocycles. The summed E-state index contributed by atoms with van der Waals surface area (Å²) in [7, 11) is 1.90. The van der Waals surface area contributed by atoms with Crippen LogP contribution in [0.1, 0.15) is 5.56 Å². The molecule has 118 valence electrons. The van der Waals surface area contributed by atoms with E-state index < -0.39 is 0 Å². The Hall–Kier alpha value is -2.89. The third kappa shape index (κ3) is 3.66. The second kappa shape index (κ2) is 6.91. The zero-order valence-electron chi connectivity index (χ0n) is 13.2. The number of hydrogen-bond acceptors (Lipinski definition) is 5. The first-order valence-electron chi connectivity index (χ1n) is 7.48. The van der Waals surface area contributed by atoms with Crippen molar-refractivity contribution in [3.8, 4) is 17.1 Å². The van der Waals surface area contributed by atoms with Crippen LogP contribution in [-0.2, 0) is 7.05 Å². The number of para-hydroxylation sites is 1. The van der Waals surface area contributed by atoms with Crippen molar-refractivity contribution in [2.24, 2.45) is 7.05 Å². The van der Waals surface area contributed by atoms with Crippen LogP contribution >= 0.6 is 0 Å². The quantitative estimate of drug-likeness (QED) is 0.709. The summed E-state index contributed by atoms with van der Waals surface area (Å²) in [6.07, 6.45) is 3.58. The van der Waals surface area contributed by atoms with Gasteiger partial charge in [0, 0.05) is 19.4 Å². The standard InChI is InChI=1S/C17H19N5O/c1-13-12-19-17(21-16(13)15-8-9-20-22(15)2)18-10-11-23-14-6-4-3-5-7-14/h3-9,12H,10-11H2,1-2H3,(H,18,19,21). The van der Waals surface area contributed by atoms with E-state index in [2.05, 4.69) is 20.4 Å². The summed E-state index contributed by atoms with van der Waals surface area (Å²) in [6.45, 7) is 3.16. The Labute approximate surface area is 135 Å². The van der Waals surface area contributed by atoms with Crippen LogP contribution in [0.25, 0.3) is 11.4 Å². The highest BCUT2D eigenvalue weighted by atomic mass is 16.5. The molecule has 23 heavy (non-hydrogen) atoms. The van der Waals surface area contributed by atoms with Crippen LogP contribution in [0.4, 0.5) is 5.95 Å². The molecular weight excluding hydrogens is 290 g/mol. The molecular formula is C17H19N5O. The molecule has 2 aromatic heterocycles. The average molecular weight is 309 g/mol. The minimum atomic E-state index is 0.544. The number of hydrogen-bond donors (Lipinski definition) is 1. The third-order valence-corrected chi connectivity index (χ3v) is 3.43. The molecule has 6 heteroatoms. The molecule has 3 rings (SSSR count). The molecule has 6 nitrogen and oxygen atoms in total. The zero-order chi connectivity index (χ0) is 16.1. The van der Waals surface area contributed by atoms with Gasteiger partial charge < -0.3 is 10.1 Å². The van der Waals surface area contributed by atoms with Crippen molar-refractivity contribution in [1.29, 1.82) is 0 Å². The normalized spacial score (nSPS) is 10.5. The van der Waals surface area contributed by atoms with E-state index in [0.717, 1.165) is 22.7 Å². The first-order chi connectivity index (χ1) is 11.2. The van der Waals surface area contributed by atoms with Gasteiger partial charge in [-0.15, -0.1) is 0 Å². The van der Waals surface area contributed by atoms with Gasteiger partial charge in [-0.05, 0) is 30.7 Å². The van der Waals surface area contributed by atoms with E-state index in [1.807, 2.05) is 56.6 Å². The Morgan fingerprint density at radius 1 is 1.17 bits per heavy atom. The van der Waals surface area contributed by atoms with Crippen LogP contribution in [0, 0.1) is 6.92 Å². The second-order valence-electron chi connectivity index (χ2n) is 5.15. The van der Waals surface area contributed by atoms with Gasteiger partial charge in [0.1, 0.15) is 12.4 Å². The van der Waals surface area contributed by atoms with Gasteiger partial charge in [-0.1, -0.05) is 18.2 Å². The summed E-state index contributed by atoms with van der Waals surface area (Å²) in [5, 5.41) is 7.38.